The summed E-state index contributed by atoms with van der Waals surface area (Å²) in [5.41, 5.74) is 1.89. The molecule has 1 amide bonds. The molecular weight excluding hydrogens is 550 g/mol. The number of carboxylic acids is 1. The van der Waals surface area contributed by atoms with Crippen LogP contribution in [0, 0.1) is 5.82 Å². The van der Waals surface area contributed by atoms with Crippen LogP contribution in [-0.4, -0.2) is 35.2 Å². The number of thiazole rings is 1. The van der Waals surface area contributed by atoms with Crippen LogP contribution in [0.1, 0.15) is 61.0 Å². The molecular formula is C28H29Cl2FN2O4S. The average molecular weight is 580 g/mol. The smallest absolute Gasteiger partial charge is 0.331 e. The van der Waals surface area contributed by atoms with Gasteiger partial charge in [-0.05, 0) is 56.0 Å². The van der Waals surface area contributed by atoms with E-state index in [9.17, 15) is 9.59 Å². The molecule has 3 rings (SSSR count). The lowest BCUT2D eigenvalue weighted by molar-refractivity contribution is -0.132. The van der Waals surface area contributed by atoms with Crippen LogP contribution < -0.4 is 5.32 Å². The first-order valence-corrected chi connectivity index (χ1v) is 13.8. The number of hydrogen-bond donors (Lipinski definition) is 2. The lowest BCUT2D eigenvalue weighted by Crippen LogP contribution is -2.12. The van der Waals surface area contributed by atoms with E-state index in [1.165, 1.54) is 36.5 Å². The number of carbonyl (C=O) groups is 2. The third-order valence-corrected chi connectivity index (χ3v) is 7.45. The number of hydrogen-bond acceptors (Lipinski definition) is 5. The number of aryl methyl sites for hydroxylation is 1. The Kier molecular flexibility index (Phi) is 10.8. The van der Waals surface area contributed by atoms with Crippen LogP contribution in [0.25, 0.3) is 17.3 Å². The van der Waals surface area contributed by atoms with E-state index in [0.717, 1.165) is 25.7 Å². The summed E-state index contributed by atoms with van der Waals surface area (Å²) in [6, 6.07) is 8.02. The summed E-state index contributed by atoms with van der Waals surface area (Å²) in [4.78, 5) is 28.3. The minimum atomic E-state index is -1.10. The van der Waals surface area contributed by atoms with Gasteiger partial charge in [0.2, 0.25) is 0 Å². The molecule has 1 atom stereocenters. The molecule has 2 aromatic carbocycles. The summed E-state index contributed by atoms with van der Waals surface area (Å²) < 4.78 is 20.9. The van der Waals surface area contributed by atoms with E-state index in [4.69, 9.17) is 33.0 Å². The van der Waals surface area contributed by atoms with Crippen molar-refractivity contribution in [2.75, 3.05) is 12.4 Å². The zero-order valence-electron chi connectivity index (χ0n) is 21.3. The number of aromatic nitrogens is 1. The topological polar surface area (TPSA) is 88.5 Å². The highest BCUT2D eigenvalue weighted by molar-refractivity contribution is 7.14. The molecule has 6 nitrogen and oxygen atoms in total. The number of carboxylic acid groups (broad SMARTS) is 1. The maximum Gasteiger partial charge on any atom is 0.331 e. The summed E-state index contributed by atoms with van der Waals surface area (Å²) >= 11 is 13.7. The number of aliphatic carboxylic acids is 1. The molecule has 10 heteroatoms. The molecule has 0 saturated heterocycles. The predicted molar refractivity (Wildman–Crippen MR) is 152 cm³/mol. The maximum atomic E-state index is 15.3. The molecule has 1 aromatic heterocycles. The molecule has 1 heterocycles. The summed E-state index contributed by atoms with van der Waals surface area (Å²) in [6.07, 6.45) is 5.80. The summed E-state index contributed by atoms with van der Waals surface area (Å²) in [6.45, 7) is 3.54. The predicted octanol–water partition coefficient (Wildman–Crippen LogP) is 8.13. The average Bonchev–Trinajstić information content (AvgIpc) is 3.34. The lowest BCUT2D eigenvalue weighted by Gasteiger charge is -2.15. The van der Waals surface area contributed by atoms with Gasteiger partial charge in [0.1, 0.15) is 5.82 Å². The van der Waals surface area contributed by atoms with Crippen LogP contribution in [-0.2, 0) is 16.0 Å². The Bertz CT molecular complexity index is 1320. The Hall–Kier alpha value is -2.78. The third-order valence-electron chi connectivity index (χ3n) is 6.07. The fourth-order valence-electron chi connectivity index (χ4n) is 3.85. The van der Waals surface area contributed by atoms with Crippen molar-refractivity contribution in [3.8, 4) is 11.3 Å². The maximum absolute atomic E-state index is 15.3. The van der Waals surface area contributed by atoms with Gasteiger partial charge in [-0.2, -0.15) is 0 Å². The number of halogens is 3. The standard InChI is InChI=1S/C28H29Cl2FN2O4S/c1-4-5-8-19(37-3)11-10-17-7-6-9-20(25(17)31)24-15-38-28(32-24)33-26(34)18-13-22(29)21(23(30)14-18)12-16(2)27(35)36/h6-7,9,12-15,19H,4-5,8,10-11H2,1-3H3,(H,35,36)(H,32,33,34)/b16-12+. The monoisotopic (exact) mass is 578 g/mol. The fourth-order valence-corrected chi connectivity index (χ4v) is 5.16. The number of carbonyl (C=O) groups excluding carboxylic acids is 1. The zero-order valence-corrected chi connectivity index (χ0v) is 23.6. The van der Waals surface area contributed by atoms with Crippen molar-refractivity contribution in [2.45, 2.75) is 52.1 Å². The van der Waals surface area contributed by atoms with E-state index >= 15 is 4.39 Å². The number of nitrogens with zero attached hydrogens (tertiary/aromatic N) is 1. The first-order chi connectivity index (χ1) is 18.1. The number of benzene rings is 2. The Morgan fingerprint density at radius 3 is 2.58 bits per heavy atom. The highest BCUT2D eigenvalue weighted by atomic mass is 35.5. The highest BCUT2D eigenvalue weighted by Gasteiger charge is 2.18. The van der Waals surface area contributed by atoms with Crippen LogP contribution >= 0.6 is 34.5 Å². The largest absolute Gasteiger partial charge is 0.478 e. The van der Waals surface area contributed by atoms with E-state index in [2.05, 4.69) is 17.2 Å². The van der Waals surface area contributed by atoms with Crippen LogP contribution in [0.5, 0.6) is 0 Å². The number of amides is 1. The quantitative estimate of drug-likeness (QED) is 0.212. The van der Waals surface area contributed by atoms with Crippen LogP contribution in [0.3, 0.4) is 0 Å². The number of ether oxygens (including phenoxy) is 1. The van der Waals surface area contributed by atoms with E-state index < -0.39 is 11.9 Å². The van der Waals surface area contributed by atoms with Gasteiger partial charge < -0.3 is 9.84 Å². The minimum Gasteiger partial charge on any atom is -0.478 e. The molecule has 0 aliphatic carbocycles. The molecule has 0 bridgehead atoms. The summed E-state index contributed by atoms with van der Waals surface area (Å²) in [5, 5.41) is 14.0. The van der Waals surface area contributed by atoms with Crippen molar-refractivity contribution in [2.24, 2.45) is 0 Å². The van der Waals surface area contributed by atoms with E-state index in [0.29, 0.717) is 28.8 Å². The second-order valence-corrected chi connectivity index (χ2v) is 10.5. The molecule has 1 unspecified atom stereocenters. The first kappa shape index (κ1) is 29.8. The first-order valence-electron chi connectivity index (χ1n) is 12.1. The number of nitrogens with one attached hydrogen (secondary N) is 1. The number of methoxy groups -OCH3 is 1. The third kappa shape index (κ3) is 7.63. The van der Waals surface area contributed by atoms with Gasteiger partial charge in [0.05, 0.1) is 21.8 Å². The van der Waals surface area contributed by atoms with Gasteiger partial charge >= 0.3 is 5.97 Å². The molecule has 0 saturated carbocycles. The number of unbranched alkanes of at least 4 members (excludes halogenated alkanes) is 1. The second kappa shape index (κ2) is 13.8. The summed E-state index contributed by atoms with van der Waals surface area (Å²) in [7, 11) is 1.69. The van der Waals surface area contributed by atoms with E-state index in [-0.39, 0.29) is 38.2 Å². The van der Waals surface area contributed by atoms with Crippen LogP contribution in [0.15, 0.2) is 41.3 Å². The molecule has 202 valence electrons. The van der Waals surface area contributed by atoms with Gasteiger partial charge in [0.15, 0.2) is 5.13 Å². The van der Waals surface area contributed by atoms with E-state index in [1.54, 1.807) is 30.7 Å². The second-order valence-electron chi connectivity index (χ2n) is 8.80. The van der Waals surface area contributed by atoms with Crippen molar-refractivity contribution < 1.29 is 23.8 Å². The lowest BCUT2D eigenvalue weighted by atomic mass is 10.00. The molecule has 0 aliphatic heterocycles. The molecule has 2 N–H and O–H groups in total. The van der Waals surface area contributed by atoms with Crippen molar-refractivity contribution in [3.63, 3.8) is 0 Å². The Labute approximate surface area is 235 Å². The molecule has 0 aliphatic rings. The normalized spacial score (nSPS) is 12.4. The van der Waals surface area contributed by atoms with Crippen LogP contribution in [0.4, 0.5) is 9.52 Å². The molecule has 38 heavy (non-hydrogen) atoms. The van der Waals surface area contributed by atoms with Gasteiger partial charge in [-0.3, -0.25) is 10.1 Å². The SMILES string of the molecule is CCCCC(CCc1cccc(-c2csc(NC(=O)c3cc(Cl)c(/C=C(\C)C(=O)O)c(Cl)c3)n2)c1F)OC. The van der Waals surface area contributed by atoms with Gasteiger partial charge in [-0.25, -0.2) is 14.2 Å². The number of rotatable bonds is 12. The molecule has 0 fully saturated rings. The van der Waals surface area contributed by atoms with Crippen molar-refractivity contribution in [1.29, 1.82) is 0 Å². The molecule has 0 radical (unpaired) electrons. The van der Waals surface area contributed by atoms with Gasteiger partial charge in [0.25, 0.3) is 5.91 Å². The number of anilines is 1. The van der Waals surface area contributed by atoms with Gasteiger partial charge in [-0.1, -0.05) is 55.1 Å². The van der Waals surface area contributed by atoms with Crippen LogP contribution in [0.2, 0.25) is 10.0 Å². The van der Waals surface area contributed by atoms with Gasteiger partial charge in [-0.15, -0.1) is 11.3 Å². The fraction of sp³-hybridized carbons (Fsp3) is 0.321. The van der Waals surface area contributed by atoms with Crippen molar-refractivity contribution in [1.82, 2.24) is 4.98 Å². The van der Waals surface area contributed by atoms with Crippen molar-refractivity contribution >= 4 is 57.6 Å². The Morgan fingerprint density at radius 1 is 1.24 bits per heavy atom. The molecule has 3 aromatic rings. The van der Waals surface area contributed by atoms with Gasteiger partial charge in [0, 0.05) is 34.8 Å². The van der Waals surface area contributed by atoms with Crippen molar-refractivity contribution in [3.05, 3.63) is 73.8 Å². The summed E-state index contributed by atoms with van der Waals surface area (Å²) in [5.74, 6) is -1.95. The highest BCUT2D eigenvalue weighted by Crippen LogP contribution is 2.31. The van der Waals surface area contributed by atoms with E-state index in [1.807, 2.05) is 0 Å². The Balaban J connectivity index is 1.74. The zero-order chi connectivity index (χ0) is 27.8. The molecule has 0 spiro atoms. The minimum absolute atomic E-state index is 0.0487. The Morgan fingerprint density at radius 2 is 1.95 bits per heavy atom.